The van der Waals surface area contributed by atoms with Crippen molar-refractivity contribution in [1.82, 2.24) is 14.5 Å². The van der Waals surface area contributed by atoms with E-state index < -0.39 is 0 Å². The van der Waals surface area contributed by atoms with Crippen molar-refractivity contribution in [2.45, 2.75) is 40.4 Å². The van der Waals surface area contributed by atoms with Crippen molar-refractivity contribution in [2.75, 3.05) is 18.4 Å². The Kier molecular flexibility index (Phi) is 5.81. The van der Waals surface area contributed by atoms with Gasteiger partial charge in [-0.3, -0.25) is 4.90 Å². The minimum atomic E-state index is 0.808. The normalized spacial score (nSPS) is 11.0. The average Bonchev–Trinajstić information content (AvgIpc) is 2.98. The molecule has 114 valence electrons. The molecule has 0 fully saturated rings. The summed E-state index contributed by atoms with van der Waals surface area (Å²) >= 11 is 0. The number of rotatable bonds is 8. The summed E-state index contributed by atoms with van der Waals surface area (Å²) in [7, 11) is 0. The molecule has 0 atom stereocenters. The predicted molar refractivity (Wildman–Crippen MR) is 88.3 cm³/mol. The van der Waals surface area contributed by atoms with Crippen LogP contribution in [0.25, 0.3) is 0 Å². The van der Waals surface area contributed by atoms with E-state index in [1.165, 1.54) is 16.9 Å². The number of imidazole rings is 1. The molecule has 0 saturated heterocycles. The highest BCUT2D eigenvalue weighted by atomic mass is 15.1. The van der Waals surface area contributed by atoms with E-state index in [0.717, 1.165) is 32.7 Å². The van der Waals surface area contributed by atoms with Crippen molar-refractivity contribution in [3.8, 4) is 0 Å². The molecule has 0 amide bonds. The molecule has 2 rings (SSSR count). The maximum absolute atomic E-state index is 4.20. The fourth-order valence-electron chi connectivity index (χ4n) is 2.46. The molecule has 2 aromatic rings. The summed E-state index contributed by atoms with van der Waals surface area (Å²) in [5.41, 5.74) is 3.74. The summed E-state index contributed by atoms with van der Waals surface area (Å²) in [4.78, 5) is 6.62. The highest BCUT2D eigenvalue weighted by molar-refractivity contribution is 5.45. The van der Waals surface area contributed by atoms with E-state index in [4.69, 9.17) is 0 Å². The zero-order valence-corrected chi connectivity index (χ0v) is 13.3. The Labute approximate surface area is 127 Å². The van der Waals surface area contributed by atoms with Crippen LogP contribution in [0.5, 0.6) is 0 Å². The number of benzene rings is 1. The number of anilines is 1. The van der Waals surface area contributed by atoms with Gasteiger partial charge in [0.2, 0.25) is 0 Å². The lowest BCUT2D eigenvalue weighted by molar-refractivity contribution is 0.296. The van der Waals surface area contributed by atoms with Crippen LogP contribution in [0, 0.1) is 0 Å². The van der Waals surface area contributed by atoms with Gasteiger partial charge in [-0.2, -0.15) is 0 Å². The van der Waals surface area contributed by atoms with Crippen LogP contribution in [0.15, 0.2) is 36.8 Å². The third-order valence-electron chi connectivity index (χ3n) is 3.84. The zero-order chi connectivity index (χ0) is 15.1. The Morgan fingerprint density at radius 2 is 2.00 bits per heavy atom. The standard InChI is InChI=1S/C17H26N4/c1-4-20(5-2)13-15-8-7-9-16(10-15)19-12-17-11-18-14-21(17)6-3/h7-11,14,19H,4-6,12-13H2,1-3H3. The van der Waals surface area contributed by atoms with Gasteiger partial charge in [-0.15, -0.1) is 0 Å². The Morgan fingerprint density at radius 3 is 2.71 bits per heavy atom. The van der Waals surface area contributed by atoms with Gasteiger partial charge in [-0.05, 0) is 37.7 Å². The highest BCUT2D eigenvalue weighted by Crippen LogP contribution is 2.14. The van der Waals surface area contributed by atoms with Gasteiger partial charge in [0.15, 0.2) is 0 Å². The molecule has 4 nitrogen and oxygen atoms in total. The summed E-state index contributed by atoms with van der Waals surface area (Å²) in [5.74, 6) is 0. The first kappa shape index (κ1) is 15.6. The van der Waals surface area contributed by atoms with Gasteiger partial charge in [0, 0.05) is 25.0 Å². The fraction of sp³-hybridized carbons (Fsp3) is 0.471. The number of hydrogen-bond donors (Lipinski definition) is 1. The molecule has 4 heteroatoms. The van der Waals surface area contributed by atoms with Crippen LogP contribution in [0.2, 0.25) is 0 Å². The molecule has 1 N–H and O–H groups in total. The van der Waals surface area contributed by atoms with E-state index in [0.29, 0.717) is 0 Å². The summed E-state index contributed by atoms with van der Waals surface area (Å²) in [5, 5.41) is 3.49. The van der Waals surface area contributed by atoms with E-state index >= 15 is 0 Å². The summed E-state index contributed by atoms with van der Waals surface area (Å²) in [6.45, 7) is 11.5. The summed E-state index contributed by atoms with van der Waals surface area (Å²) < 4.78 is 2.16. The Balaban J connectivity index is 1.97. The quantitative estimate of drug-likeness (QED) is 0.808. The second-order valence-electron chi connectivity index (χ2n) is 5.19. The van der Waals surface area contributed by atoms with Gasteiger partial charge in [0.1, 0.15) is 0 Å². The molecule has 0 radical (unpaired) electrons. The smallest absolute Gasteiger partial charge is 0.0948 e. The third kappa shape index (κ3) is 4.33. The summed E-state index contributed by atoms with van der Waals surface area (Å²) in [6.07, 6.45) is 3.81. The van der Waals surface area contributed by atoms with Gasteiger partial charge in [-0.1, -0.05) is 26.0 Å². The molecule has 0 aliphatic rings. The number of aromatic nitrogens is 2. The molecule has 0 aliphatic carbocycles. The van der Waals surface area contributed by atoms with Crippen molar-refractivity contribution in [2.24, 2.45) is 0 Å². The molecular formula is C17H26N4. The molecule has 0 bridgehead atoms. The molecule has 0 saturated carbocycles. The average molecular weight is 286 g/mol. The van der Waals surface area contributed by atoms with Gasteiger partial charge < -0.3 is 9.88 Å². The van der Waals surface area contributed by atoms with Crippen LogP contribution in [0.4, 0.5) is 5.69 Å². The van der Waals surface area contributed by atoms with E-state index in [1.807, 2.05) is 12.5 Å². The first-order valence-electron chi connectivity index (χ1n) is 7.81. The van der Waals surface area contributed by atoms with Crippen molar-refractivity contribution >= 4 is 5.69 Å². The maximum Gasteiger partial charge on any atom is 0.0948 e. The number of nitrogens with one attached hydrogen (secondary N) is 1. The number of hydrogen-bond acceptors (Lipinski definition) is 3. The predicted octanol–water partition coefficient (Wildman–Crippen LogP) is 3.36. The SMILES string of the molecule is CCN(CC)Cc1cccc(NCc2cncn2CC)c1. The van der Waals surface area contributed by atoms with E-state index in [1.54, 1.807) is 0 Å². The summed E-state index contributed by atoms with van der Waals surface area (Å²) in [6, 6.07) is 8.68. The van der Waals surface area contributed by atoms with Gasteiger partial charge in [0.05, 0.1) is 18.6 Å². The monoisotopic (exact) mass is 286 g/mol. The van der Waals surface area contributed by atoms with Crippen LogP contribution < -0.4 is 5.32 Å². The second kappa shape index (κ2) is 7.84. The van der Waals surface area contributed by atoms with Crippen molar-refractivity contribution in [3.63, 3.8) is 0 Å². The maximum atomic E-state index is 4.20. The topological polar surface area (TPSA) is 33.1 Å². The molecular weight excluding hydrogens is 260 g/mol. The molecule has 1 heterocycles. The Morgan fingerprint density at radius 1 is 1.19 bits per heavy atom. The van der Waals surface area contributed by atoms with E-state index in [9.17, 15) is 0 Å². The molecule has 21 heavy (non-hydrogen) atoms. The second-order valence-corrected chi connectivity index (χ2v) is 5.19. The molecule has 1 aromatic carbocycles. The van der Waals surface area contributed by atoms with Gasteiger partial charge in [0.25, 0.3) is 0 Å². The third-order valence-corrected chi connectivity index (χ3v) is 3.84. The lowest BCUT2D eigenvalue weighted by atomic mass is 10.2. The number of aryl methyl sites for hydroxylation is 1. The molecule has 0 aliphatic heterocycles. The van der Waals surface area contributed by atoms with Crippen molar-refractivity contribution in [3.05, 3.63) is 48.0 Å². The van der Waals surface area contributed by atoms with E-state index in [2.05, 4.69) is 64.8 Å². The fourth-order valence-corrected chi connectivity index (χ4v) is 2.46. The molecule has 0 unspecified atom stereocenters. The first-order chi connectivity index (χ1) is 10.3. The highest BCUT2D eigenvalue weighted by Gasteiger charge is 2.03. The van der Waals surface area contributed by atoms with Crippen LogP contribution in [-0.4, -0.2) is 27.5 Å². The van der Waals surface area contributed by atoms with Crippen LogP contribution >= 0.6 is 0 Å². The lowest BCUT2D eigenvalue weighted by Gasteiger charge is -2.18. The van der Waals surface area contributed by atoms with Crippen LogP contribution in [0.3, 0.4) is 0 Å². The Bertz CT molecular complexity index is 543. The lowest BCUT2D eigenvalue weighted by Crippen LogP contribution is -2.22. The molecule has 1 aromatic heterocycles. The first-order valence-corrected chi connectivity index (χ1v) is 7.81. The minimum Gasteiger partial charge on any atom is -0.379 e. The zero-order valence-electron chi connectivity index (χ0n) is 13.3. The van der Waals surface area contributed by atoms with Crippen molar-refractivity contribution in [1.29, 1.82) is 0 Å². The largest absolute Gasteiger partial charge is 0.379 e. The van der Waals surface area contributed by atoms with Crippen LogP contribution in [0.1, 0.15) is 32.0 Å². The van der Waals surface area contributed by atoms with Crippen LogP contribution in [-0.2, 0) is 19.6 Å². The Hall–Kier alpha value is -1.81. The van der Waals surface area contributed by atoms with E-state index in [-0.39, 0.29) is 0 Å². The van der Waals surface area contributed by atoms with Crippen molar-refractivity contribution < 1.29 is 0 Å². The van der Waals surface area contributed by atoms with Gasteiger partial charge >= 0.3 is 0 Å². The van der Waals surface area contributed by atoms with Gasteiger partial charge in [-0.25, -0.2) is 4.98 Å². The number of nitrogens with zero attached hydrogens (tertiary/aromatic N) is 3. The molecule has 0 spiro atoms. The minimum absolute atomic E-state index is 0.808.